The summed E-state index contributed by atoms with van der Waals surface area (Å²) in [5.74, 6) is 0. The van der Waals surface area contributed by atoms with Crippen LogP contribution < -0.4 is 0 Å². The Morgan fingerprint density at radius 2 is 1.79 bits per heavy atom. The zero-order valence-electron chi connectivity index (χ0n) is 16.9. The van der Waals surface area contributed by atoms with Gasteiger partial charge in [-0.3, -0.25) is 0 Å². The number of allylic oxidation sites excluding steroid dienone is 4. The fourth-order valence-electron chi connectivity index (χ4n) is 4.41. The predicted octanol–water partition coefficient (Wildman–Crippen LogP) is 5.16. The molecule has 0 spiro atoms. The molecule has 0 atom stereocenters. The molecule has 0 N–H and O–H groups in total. The largest absolute Gasteiger partial charge is 0.303 e. The van der Waals surface area contributed by atoms with E-state index in [2.05, 4.69) is 58.7 Å². The number of nitrogens with zero attached hydrogens (tertiary/aromatic N) is 4. The molecule has 1 aliphatic heterocycles. The summed E-state index contributed by atoms with van der Waals surface area (Å²) in [6.07, 6.45) is 19.9. The summed E-state index contributed by atoms with van der Waals surface area (Å²) in [7, 11) is 0. The Kier molecular flexibility index (Phi) is 5.27. The molecular weight excluding hydrogens is 356 g/mol. The van der Waals surface area contributed by atoms with E-state index in [1.807, 2.05) is 16.9 Å². The summed E-state index contributed by atoms with van der Waals surface area (Å²) in [5.41, 5.74) is 7.11. The fraction of sp³-hybridized carbons (Fsp3) is 0.360. The van der Waals surface area contributed by atoms with Crippen LogP contribution in [0.4, 0.5) is 0 Å². The molecule has 1 saturated heterocycles. The standard InChI is InChI=1S/C25H28N4/c1-3-7-22(8-4-1)24-18-27-29-19-23(17-26-25(24)29)21-11-9-20(10-12-21)13-16-28-14-5-2-6-15-28/h1,3,7,9-12,17-19H,2,4-6,8,13-16H2. The van der Waals surface area contributed by atoms with E-state index < -0.39 is 0 Å². The molecule has 1 aromatic carbocycles. The van der Waals surface area contributed by atoms with E-state index in [0.717, 1.165) is 36.0 Å². The maximum absolute atomic E-state index is 4.74. The number of hydrogen-bond acceptors (Lipinski definition) is 3. The van der Waals surface area contributed by atoms with Crippen LogP contribution in [0.2, 0.25) is 0 Å². The van der Waals surface area contributed by atoms with Crippen molar-refractivity contribution in [1.29, 1.82) is 0 Å². The van der Waals surface area contributed by atoms with Gasteiger partial charge >= 0.3 is 0 Å². The van der Waals surface area contributed by atoms with Gasteiger partial charge in [0, 0.05) is 30.1 Å². The van der Waals surface area contributed by atoms with Crippen molar-refractivity contribution < 1.29 is 0 Å². The molecule has 5 rings (SSSR count). The van der Waals surface area contributed by atoms with Crippen LogP contribution >= 0.6 is 0 Å². The van der Waals surface area contributed by atoms with Gasteiger partial charge in [0.1, 0.15) is 0 Å². The molecule has 4 nitrogen and oxygen atoms in total. The van der Waals surface area contributed by atoms with Crippen molar-refractivity contribution in [2.24, 2.45) is 0 Å². The molecule has 2 aromatic heterocycles. The number of likely N-dealkylation sites (tertiary alicyclic amines) is 1. The second-order valence-electron chi connectivity index (χ2n) is 8.18. The Morgan fingerprint density at radius 1 is 0.931 bits per heavy atom. The van der Waals surface area contributed by atoms with Crippen LogP contribution in [0, 0.1) is 0 Å². The van der Waals surface area contributed by atoms with E-state index >= 15 is 0 Å². The molecule has 2 aliphatic rings. The molecule has 3 heterocycles. The van der Waals surface area contributed by atoms with Crippen LogP contribution in [0.15, 0.2) is 61.1 Å². The SMILES string of the molecule is C1=CCCC(c2cnn3cc(-c4ccc(CCN5CCCCC5)cc4)cnc23)=C1. The first-order chi connectivity index (χ1) is 14.4. The van der Waals surface area contributed by atoms with Crippen molar-refractivity contribution in [2.45, 2.75) is 38.5 Å². The van der Waals surface area contributed by atoms with E-state index in [4.69, 9.17) is 4.98 Å². The highest BCUT2D eigenvalue weighted by molar-refractivity contribution is 5.78. The van der Waals surface area contributed by atoms with E-state index in [-0.39, 0.29) is 0 Å². The zero-order valence-corrected chi connectivity index (χ0v) is 16.9. The van der Waals surface area contributed by atoms with Crippen LogP contribution in [0.25, 0.3) is 22.3 Å². The molecule has 4 heteroatoms. The van der Waals surface area contributed by atoms with E-state index in [9.17, 15) is 0 Å². The third-order valence-corrected chi connectivity index (χ3v) is 6.17. The Morgan fingerprint density at radius 3 is 2.59 bits per heavy atom. The molecule has 0 radical (unpaired) electrons. The molecular formula is C25H28N4. The lowest BCUT2D eigenvalue weighted by Gasteiger charge is -2.26. The maximum Gasteiger partial charge on any atom is 0.162 e. The number of benzene rings is 1. The van der Waals surface area contributed by atoms with Crippen LogP contribution in [0.3, 0.4) is 0 Å². The topological polar surface area (TPSA) is 33.4 Å². The quantitative estimate of drug-likeness (QED) is 0.609. The number of fused-ring (bicyclic) bond motifs is 1. The van der Waals surface area contributed by atoms with Gasteiger partial charge in [-0.25, -0.2) is 9.50 Å². The summed E-state index contributed by atoms with van der Waals surface area (Å²) < 4.78 is 1.91. The van der Waals surface area contributed by atoms with Gasteiger partial charge in [-0.1, -0.05) is 48.9 Å². The average Bonchev–Trinajstić information content (AvgIpc) is 3.23. The van der Waals surface area contributed by atoms with Crippen LogP contribution in [-0.4, -0.2) is 39.1 Å². The van der Waals surface area contributed by atoms with Crippen LogP contribution in [-0.2, 0) is 6.42 Å². The lowest BCUT2D eigenvalue weighted by atomic mass is 10.00. The predicted molar refractivity (Wildman–Crippen MR) is 119 cm³/mol. The summed E-state index contributed by atoms with van der Waals surface area (Å²) in [6, 6.07) is 8.95. The minimum Gasteiger partial charge on any atom is -0.303 e. The van der Waals surface area contributed by atoms with Crippen molar-refractivity contribution in [3.63, 3.8) is 0 Å². The molecule has 0 amide bonds. The van der Waals surface area contributed by atoms with Gasteiger partial charge < -0.3 is 4.90 Å². The molecule has 3 aromatic rings. The zero-order chi connectivity index (χ0) is 19.5. The normalized spacial score (nSPS) is 17.6. The molecule has 29 heavy (non-hydrogen) atoms. The van der Waals surface area contributed by atoms with Gasteiger partial charge in [-0.2, -0.15) is 5.10 Å². The summed E-state index contributed by atoms with van der Waals surface area (Å²) >= 11 is 0. The van der Waals surface area contributed by atoms with Crippen molar-refractivity contribution in [1.82, 2.24) is 19.5 Å². The summed E-state index contributed by atoms with van der Waals surface area (Å²) in [6.45, 7) is 3.71. The number of rotatable bonds is 5. The van der Waals surface area contributed by atoms with Crippen molar-refractivity contribution in [3.8, 4) is 11.1 Å². The smallest absolute Gasteiger partial charge is 0.162 e. The molecule has 1 fully saturated rings. The first-order valence-corrected chi connectivity index (χ1v) is 10.9. The molecule has 148 valence electrons. The third-order valence-electron chi connectivity index (χ3n) is 6.17. The van der Waals surface area contributed by atoms with Gasteiger partial charge in [-0.15, -0.1) is 0 Å². The van der Waals surface area contributed by atoms with Gasteiger partial charge in [0.2, 0.25) is 0 Å². The second-order valence-corrected chi connectivity index (χ2v) is 8.18. The van der Waals surface area contributed by atoms with Crippen LogP contribution in [0.5, 0.6) is 0 Å². The van der Waals surface area contributed by atoms with Gasteiger partial charge in [0.05, 0.1) is 6.20 Å². The average molecular weight is 385 g/mol. The summed E-state index contributed by atoms with van der Waals surface area (Å²) in [5, 5.41) is 4.56. The van der Waals surface area contributed by atoms with Crippen molar-refractivity contribution in [3.05, 3.63) is 72.2 Å². The highest BCUT2D eigenvalue weighted by atomic mass is 15.2. The Labute approximate surface area is 172 Å². The van der Waals surface area contributed by atoms with E-state index in [1.54, 1.807) is 0 Å². The monoisotopic (exact) mass is 384 g/mol. The maximum atomic E-state index is 4.74. The number of piperidine rings is 1. The Hall–Kier alpha value is -2.72. The third kappa shape index (κ3) is 4.03. The van der Waals surface area contributed by atoms with Gasteiger partial charge in [0.25, 0.3) is 0 Å². The highest BCUT2D eigenvalue weighted by Gasteiger charge is 2.13. The van der Waals surface area contributed by atoms with Gasteiger partial charge in [0.15, 0.2) is 5.65 Å². The van der Waals surface area contributed by atoms with Gasteiger partial charge in [-0.05, 0) is 61.9 Å². The molecule has 1 aliphatic carbocycles. The number of hydrogen-bond donors (Lipinski definition) is 0. The number of aromatic nitrogens is 3. The highest BCUT2D eigenvalue weighted by Crippen LogP contribution is 2.27. The van der Waals surface area contributed by atoms with E-state index in [0.29, 0.717) is 0 Å². The van der Waals surface area contributed by atoms with Crippen LogP contribution in [0.1, 0.15) is 43.2 Å². The lowest BCUT2D eigenvalue weighted by Crippen LogP contribution is -2.31. The molecule has 0 saturated carbocycles. The van der Waals surface area contributed by atoms with Crippen molar-refractivity contribution in [2.75, 3.05) is 19.6 Å². The Balaban J connectivity index is 1.31. The minimum absolute atomic E-state index is 0.938. The second kappa shape index (κ2) is 8.34. The fourth-order valence-corrected chi connectivity index (χ4v) is 4.41. The molecule has 0 unspecified atom stereocenters. The summed E-state index contributed by atoms with van der Waals surface area (Å²) in [4.78, 5) is 7.34. The first-order valence-electron chi connectivity index (χ1n) is 10.9. The lowest BCUT2D eigenvalue weighted by molar-refractivity contribution is 0.231. The van der Waals surface area contributed by atoms with Crippen molar-refractivity contribution >= 4 is 11.2 Å². The first kappa shape index (κ1) is 18.3. The molecule has 0 bridgehead atoms. The Bertz CT molecular complexity index is 1040. The minimum atomic E-state index is 0.938. The van der Waals surface area contributed by atoms with E-state index in [1.165, 1.54) is 55.6 Å².